The standard InChI is InChI=1S/C31H27N3O4S2/c1-4-38-30(37)26-23(21-13-6-5-7-14-21)18-39-28(26)33-27(35)20(3)40-31-32-24-16-10-9-15-22(24)29(36)34(31)25-17-11-8-12-19(25)2/h5-18,20H,4H2,1-3H3,(H,33,35)/t20-/m1/s1. The maximum Gasteiger partial charge on any atom is 0.341 e. The summed E-state index contributed by atoms with van der Waals surface area (Å²) in [7, 11) is 0. The van der Waals surface area contributed by atoms with E-state index in [9.17, 15) is 14.4 Å². The van der Waals surface area contributed by atoms with E-state index in [1.807, 2.05) is 79.0 Å². The zero-order valence-corrected chi connectivity index (χ0v) is 23.8. The van der Waals surface area contributed by atoms with Gasteiger partial charge in [-0.1, -0.05) is 72.4 Å². The molecule has 1 N–H and O–H groups in total. The van der Waals surface area contributed by atoms with E-state index in [2.05, 4.69) is 5.32 Å². The van der Waals surface area contributed by atoms with Crippen molar-refractivity contribution >= 4 is 50.9 Å². The smallest absolute Gasteiger partial charge is 0.341 e. The lowest BCUT2D eigenvalue weighted by Gasteiger charge is -2.17. The Kier molecular flexibility index (Phi) is 8.14. The number of esters is 1. The SMILES string of the molecule is CCOC(=O)c1c(-c2ccccc2)csc1NC(=O)[C@@H](C)Sc1nc2ccccc2c(=O)n1-c1ccccc1C. The summed E-state index contributed by atoms with van der Waals surface area (Å²) in [6.07, 6.45) is 0. The number of thioether (sulfide) groups is 1. The van der Waals surface area contributed by atoms with Gasteiger partial charge in [-0.05, 0) is 50.1 Å². The first kappa shape index (κ1) is 27.4. The number of aryl methyl sites for hydroxylation is 1. The number of nitrogens with zero attached hydrogens (tertiary/aromatic N) is 2. The summed E-state index contributed by atoms with van der Waals surface area (Å²) in [6.45, 7) is 5.64. The second-order valence-corrected chi connectivity index (χ2v) is 11.2. The minimum Gasteiger partial charge on any atom is -0.462 e. The number of aromatic nitrogens is 2. The molecule has 5 aromatic rings. The maximum absolute atomic E-state index is 13.6. The Morgan fingerprint density at radius 1 is 1.02 bits per heavy atom. The van der Waals surface area contributed by atoms with Crippen molar-refractivity contribution < 1.29 is 14.3 Å². The van der Waals surface area contributed by atoms with Crippen molar-refractivity contribution in [3.8, 4) is 16.8 Å². The molecule has 0 unspecified atom stereocenters. The summed E-state index contributed by atoms with van der Waals surface area (Å²) in [5, 5.41) is 5.45. The molecule has 0 aliphatic rings. The minimum atomic E-state index is -0.638. The van der Waals surface area contributed by atoms with Crippen LogP contribution >= 0.6 is 23.1 Å². The first-order valence-electron chi connectivity index (χ1n) is 12.8. The summed E-state index contributed by atoms with van der Waals surface area (Å²) < 4.78 is 6.88. The zero-order chi connectivity index (χ0) is 28.2. The molecule has 5 rings (SSSR count). The highest BCUT2D eigenvalue weighted by molar-refractivity contribution is 8.00. The topological polar surface area (TPSA) is 90.3 Å². The van der Waals surface area contributed by atoms with Crippen LogP contribution in [0.25, 0.3) is 27.7 Å². The van der Waals surface area contributed by atoms with Gasteiger partial charge >= 0.3 is 5.97 Å². The van der Waals surface area contributed by atoms with Gasteiger partial charge < -0.3 is 10.1 Å². The Morgan fingerprint density at radius 3 is 2.48 bits per heavy atom. The summed E-state index contributed by atoms with van der Waals surface area (Å²) in [4.78, 5) is 44.8. The third-order valence-corrected chi connectivity index (χ3v) is 8.29. The van der Waals surface area contributed by atoms with E-state index in [-0.39, 0.29) is 18.1 Å². The molecule has 0 spiro atoms. The number of rotatable bonds is 8. The number of hydrogen-bond acceptors (Lipinski definition) is 7. The largest absolute Gasteiger partial charge is 0.462 e. The van der Waals surface area contributed by atoms with Gasteiger partial charge in [-0.15, -0.1) is 11.3 Å². The molecule has 202 valence electrons. The molecule has 0 bridgehead atoms. The molecule has 40 heavy (non-hydrogen) atoms. The van der Waals surface area contributed by atoms with E-state index >= 15 is 0 Å². The monoisotopic (exact) mass is 569 g/mol. The van der Waals surface area contributed by atoms with Crippen LogP contribution in [0.4, 0.5) is 5.00 Å². The molecule has 0 saturated heterocycles. The fourth-order valence-corrected chi connectivity index (χ4v) is 6.21. The van der Waals surface area contributed by atoms with Gasteiger partial charge in [0.1, 0.15) is 10.6 Å². The Bertz CT molecular complexity index is 1760. The lowest BCUT2D eigenvalue weighted by atomic mass is 10.0. The average Bonchev–Trinajstić information content (AvgIpc) is 3.38. The number of nitrogens with one attached hydrogen (secondary N) is 1. The molecular formula is C31H27N3O4S2. The average molecular weight is 570 g/mol. The first-order valence-corrected chi connectivity index (χ1v) is 14.5. The second-order valence-electron chi connectivity index (χ2n) is 9.03. The van der Waals surface area contributed by atoms with Crippen molar-refractivity contribution in [2.45, 2.75) is 31.2 Å². The molecule has 3 aromatic carbocycles. The van der Waals surface area contributed by atoms with Crippen LogP contribution in [0, 0.1) is 6.92 Å². The van der Waals surface area contributed by atoms with Crippen LogP contribution in [0.15, 0.2) is 94.2 Å². The molecule has 0 fully saturated rings. The van der Waals surface area contributed by atoms with Gasteiger partial charge in [0.05, 0.1) is 28.4 Å². The predicted octanol–water partition coefficient (Wildman–Crippen LogP) is 6.72. The number of ether oxygens (including phenoxy) is 1. The Balaban J connectivity index is 1.49. The molecule has 2 heterocycles. The number of thiophene rings is 1. The van der Waals surface area contributed by atoms with Gasteiger partial charge in [0, 0.05) is 10.9 Å². The third kappa shape index (κ3) is 5.43. The third-order valence-electron chi connectivity index (χ3n) is 6.34. The number of amides is 1. The van der Waals surface area contributed by atoms with Gasteiger partial charge in [0.25, 0.3) is 5.56 Å². The van der Waals surface area contributed by atoms with Crippen molar-refractivity contribution in [2.75, 3.05) is 11.9 Å². The number of anilines is 1. The maximum atomic E-state index is 13.6. The van der Waals surface area contributed by atoms with Crippen molar-refractivity contribution in [1.82, 2.24) is 9.55 Å². The van der Waals surface area contributed by atoms with Crippen LogP contribution < -0.4 is 10.9 Å². The van der Waals surface area contributed by atoms with Crippen LogP contribution in [-0.4, -0.2) is 33.3 Å². The molecule has 1 atom stereocenters. The molecule has 0 aliphatic heterocycles. The molecule has 0 radical (unpaired) electrons. The highest BCUT2D eigenvalue weighted by Gasteiger charge is 2.26. The molecular weight excluding hydrogens is 542 g/mol. The van der Waals surface area contributed by atoms with Crippen LogP contribution in [0.3, 0.4) is 0 Å². The first-order chi connectivity index (χ1) is 19.4. The quantitative estimate of drug-likeness (QED) is 0.127. The number of hydrogen-bond donors (Lipinski definition) is 1. The highest BCUT2D eigenvalue weighted by Crippen LogP contribution is 2.37. The van der Waals surface area contributed by atoms with Crippen molar-refractivity contribution in [3.05, 3.63) is 106 Å². The zero-order valence-electron chi connectivity index (χ0n) is 22.2. The van der Waals surface area contributed by atoms with E-state index in [4.69, 9.17) is 9.72 Å². The lowest BCUT2D eigenvalue weighted by molar-refractivity contribution is -0.115. The Labute approximate surface area is 239 Å². The summed E-state index contributed by atoms with van der Waals surface area (Å²) in [5.74, 6) is -0.821. The fourth-order valence-electron chi connectivity index (χ4n) is 4.33. The summed E-state index contributed by atoms with van der Waals surface area (Å²) >= 11 is 2.46. The molecule has 0 saturated carbocycles. The molecule has 2 aromatic heterocycles. The van der Waals surface area contributed by atoms with Crippen LogP contribution in [0.1, 0.15) is 29.8 Å². The molecule has 1 amide bonds. The van der Waals surface area contributed by atoms with E-state index in [1.54, 1.807) is 30.5 Å². The molecule has 7 nitrogen and oxygen atoms in total. The summed E-state index contributed by atoms with van der Waals surface area (Å²) in [5.41, 5.74) is 3.84. The normalized spacial score (nSPS) is 11.8. The van der Waals surface area contributed by atoms with Gasteiger partial charge in [-0.2, -0.15) is 0 Å². The van der Waals surface area contributed by atoms with E-state index in [0.29, 0.717) is 37.9 Å². The van der Waals surface area contributed by atoms with Gasteiger partial charge in [0.2, 0.25) is 5.91 Å². The number of benzene rings is 3. The van der Waals surface area contributed by atoms with Gasteiger partial charge in [0.15, 0.2) is 5.16 Å². The van der Waals surface area contributed by atoms with E-state index < -0.39 is 11.2 Å². The van der Waals surface area contributed by atoms with Crippen molar-refractivity contribution in [3.63, 3.8) is 0 Å². The van der Waals surface area contributed by atoms with Crippen molar-refractivity contribution in [2.24, 2.45) is 0 Å². The van der Waals surface area contributed by atoms with Gasteiger partial charge in [-0.25, -0.2) is 9.78 Å². The predicted molar refractivity (Wildman–Crippen MR) is 162 cm³/mol. The number of fused-ring (bicyclic) bond motifs is 1. The van der Waals surface area contributed by atoms with Crippen molar-refractivity contribution in [1.29, 1.82) is 0 Å². The Hall–Kier alpha value is -4.21. The van der Waals surface area contributed by atoms with Gasteiger partial charge in [-0.3, -0.25) is 14.2 Å². The highest BCUT2D eigenvalue weighted by atomic mass is 32.2. The van der Waals surface area contributed by atoms with Crippen LogP contribution in [0.2, 0.25) is 0 Å². The lowest BCUT2D eigenvalue weighted by Crippen LogP contribution is -2.27. The number of carbonyl (C=O) groups excluding carboxylic acids is 2. The fraction of sp³-hybridized carbons (Fsp3) is 0.161. The summed E-state index contributed by atoms with van der Waals surface area (Å²) in [6, 6.07) is 24.3. The number of para-hydroxylation sites is 2. The van der Waals surface area contributed by atoms with Crippen LogP contribution in [-0.2, 0) is 9.53 Å². The second kappa shape index (κ2) is 11.9. The van der Waals surface area contributed by atoms with E-state index in [0.717, 1.165) is 11.1 Å². The Morgan fingerprint density at radius 2 is 1.73 bits per heavy atom. The molecule has 9 heteroatoms. The van der Waals surface area contributed by atoms with Crippen LogP contribution in [0.5, 0.6) is 0 Å². The van der Waals surface area contributed by atoms with E-state index in [1.165, 1.54) is 23.1 Å². The minimum absolute atomic E-state index is 0.203. The molecule has 0 aliphatic carbocycles. The number of carbonyl (C=O) groups is 2.